The van der Waals surface area contributed by atoms with Crippen LogP contribution in [0.15, 0.2) is 3.79 Å². The third kappa shape index (κ3) is 1.51. The summed E-state index contributed by atoms with van der Waals surface area (Å²) in [5.74, 6) is 0. The van der Waals surface area contributed by atoms with E-state index in [2.05, 4.69) is 25.5 Å². The molecule has 0 aliphatic rings. The van der Waals surface area contributed by atoms with Crippen LogP contribution < -0.4 is 5.73 Å². The van der Waals surface area contributed by atoms with Crippen molar-refractivity contribution in [3.05, 3.63) is 9.48 Å². The van der Waals surface area contributed by atoms with E-state index < -0.39 is 6.04 Å². The average molecular weight is 224 g/mol. The lowest BCUT2D eigenvalue weighted by molar-refractivity contribution is 0.265. The van der Waals surface area contributed by atoms with Gasteiger partial charge in [-0.15, -0.1) is 5.10 Å². The highest BCUT2D eigenvalue weighted by Crippen LogP contribution is 2.22. The summed E-state index contributed by atoms with van der Waals surface area (Å²) in [6, 6.07) is -0.423. The summed E-state index contributed by atoms with van der Waals surface area (Å²) in [5, 5.41) is 12.3. The summed E-state index contributed by atoms with van der Waals surface area (Å²) in [4.78, 5) is 0. The van der Waals surface area contributed by atoms with Gasteiger partial charge in [0, 0.05) is 0 Å². The number of rotatable bonds is 2. The summed E-state index contributed by atoms with van der Waals surface area (Å²) >= 11 is 4.42. The SMILES string of the molecule is NC(CO)c1nnsc1Br. The first-order valence-corrected chi connectivity index (χ1v) is 4.16. The van der Waals surface area contributed by atoms with Crippen molar-refractivity contribution in [2.75, 3.05) is 6.61 Å². The van der Waals surface area contributed by atoms with Crippen LogP contribution in [-0.4, -0.2) is 21.3 Å². The van der Waals surface area contributed by atoms with Crippen molar-refractivity contribution in [3.8, 4) is 0 Å². The van der Waals surface area contributed by atoms with E-state index in [0.29, 0.717) is 5.69 Å². The maximum absolute atomic E-state index is 8.62. The Hall–Kier alpha value is -0.0400. The van der Waals surface area contributed by atoms with Gasteiger partial charge in [0.1, 0.15) is 9.48 Å². The Morgan fingerprint density at radius 1 is 1.80 bits per heavy atom. The molecule has 56 valence electrons. The lowest BCUT2D eigenvalue weighted by Crippen LogP contribution is -2.15. The molecule has 1 aromatic heterocycles. The number of aromatic nitrogens is 2. The molecule has 0 amide bonds. The molecule has 1 aromatic rings. The Morgan fingerprint density at radius 3 is 2.90 bits per heavy atom. The minimum Gasteiger partial charge on any atom is -0.394 e. The summed E-state index contributed by atoms with van der Waals surface area (Å²) in [6.45, 7) is -0.107. The summed E-state index contributed by atoms with van der Waals surface area (Å²) < 4.78 is 4.43. The molecule has 1 unspecified atom stereocenters. The predicted molar refractivity (Wildman–Crippen MR) is 41.6 cm³/mol. The van der Waals surface area contributed by atoms with Gasteiger partial charge in [0.2, 0.25) is 0 Å². The van der Waals surface area contributed by atoms with Crippen LogP contribution in [0.1, 0.15) is 11.7 Å². The molecule has 4 nitrogen and oxygen atoms in total. The quantitative estimate of drug-likeness (QED) is 0.757. The molecule has 1 rings (SSSR count). The molecule has 0 saturated carbocycles. The van der Waals surface area contributed by atoms with Crippen LogP contribution in [-0.2, 0) is 0 Å². The average Bonchev–Trinajstić information content (AvgIpc) is 2.34. The van der Waals surface area contributed by atoms with Crippen molar-refractivity contribution in [1.82, 2.24) is 9.59 Å². The van der Waals surface area contributed by atoms with Gasteiger partial charge in [0.25, 0.3) is 0 Å². The third-order valence-electron chi connectivity index (χ3n) is 1.02. The first-order valence-electron chi connectivity index (χ1n) is 2.60. The minimum absolute atomic E-state index is 0.107. The number of nitrogens with two attached hydrogens (primary N) is 1. The van der Waals surface area contributed by atoms with Gasteiger partial charge < -0.3 is 10.8 Å². The molecular formula is C4H6BrN3OS. The molecule has 0 radical (unpaired) electrons. The highest BCUT2D eigenvalue weighted by Gasteiger charge is 2.12. The van der Waals surface area contributed by atoms with E-state index in [9.17, 15) is 0 Å². The summed E-state index contributed by atoms with van der Waals surface area (Å²) in [6.07, 6.45) is 0. The zero-order valence-electron chi connectivity index (χ0n) is 4.99. The molecule has 10 heavy (non-hydrogen) atoms. The second-order valence-corrected chi connectivity index (χ2v) is 3.79. The van der Waals surface area contributed by atoms with Crippen LogP contribution in [0.2, 0.25) is 0 Å². The Labute approximate surface area is 70.4 Å². The summed E-state index contributed by atoms with van der Waals surface area (Å²) in [7, 11) is 0. The van der Waals surface area contributed by atoms with E-state index in [0.717, 1.165) is 3.79 Å². The van der Waals surface area contributed by atoms with Crippen LogP contribution in [0.5, 0.6) is 0 Å². The molecule has 1 heterocycles. The predicted octanol–water partition coefficient (Wildman–Crippen LogP) is 0.293. The van der Waals surface area contributed by atoms with Gasteiger partial charge >= 0.3 is 0 Å². The number of aliphatic hydroxyl groups is 1. The molecule has 0 spiro atoms. The molecule has 0 aromatic carbocycles. The van der Waals surface area contributed by atoms with Crippen molar-refractivity contribution in [1.29, 1.82) is 0 Å². The van der Waals surface area contributed by atoms with Gasteiger partial charge in [-0.1, -0.05) is 4.49 Å². The lowest BCUT2D eigenvalue weighted by atomic mass is 10.3. The Bertz CT molecular complexity index is 216. The maximum atomic E-state index is 8.62. The number of hydrogen-bond donors (Lipinski definition) is 2. The largest absolute Gasteiger partial charge is 0.394 e. The van der Waals surface area contributed by atoms with Crippen LogP contribution in [0.4, 0.5) is 0 Å². The normalized spacial score (nSPS) is 13.5. The van der Waals surface area contributed by atoms with E-state index in [1.807, 2.05) is 0 Å². The van der Waals surface area contributed by atoms with Crippen LogP contribution in [0.3, 0.4) is 0 Å². The molecule has 0 aliphatic carbocycles. The monoisotopic (exact) mass is 223 g/mol. The fourth-order valence-corrected chi connectivity index (χ4v) is 1.55. The van der Waals surface area contributed by atoms with E-state index in [1.54, 1.807) is 0 Å². The maximum Gasteiger partial charge on any atom is 0.116 e. The zero-order chi connectivity index (χ0) is 7.56. The van der Waals surface area contributed by atoms with Gasteiger partial charge in [-0.3, -0.25) is 0 Å². The minimum atomic E-state index is -0.423. The lowest BCUT2D eigenvalue weighted by Gasteiger charge is -2.01. The standard InChI is InChI=1S/C4H6BrN3OS/c5-4-3(2(6)1-9)7-8-10-4/h2,9H,1,6H2. The van der Waals surface area contributed by atoms with Crippen LogP contribution in [0.25, 0.3) is 0 Å². The number of aliphatic hydroxyl groups excluding tert-OH is 1. The van der Waals surface area contributed by atoms with Gasteiger partial charge in [-0.25, -0.2) is 0 Å². The fourth-order valence-electron chi connectivity index (χ4n) is 0.493. The first kappa shape index (κ1) is 8.06. The molecule has 6 heteroatoms. The first-order chi connectivity index (χ1) is 4.75. The number of halogens is 1. The van der Waals surface area contributed by atoms with Crippen molar-refractivity contribution < 1.29 is 5.11 Å². The van der Waals surface area contributed by atoms with E-state index in [-0.39, 0.29) is 6.61 Å². The van der Waals surface area contributed by atoms with E-state index >= 15 is 0 Å². The Balaban J connectivity index is 2.82. The smallest absolute Gasteiger partial charge is 0.116 e. The molecular weight excluding hydrogens is 218 g/mol. The van der Waals surface area contributed by atoms with Crippen molar-refractivity contribution >= 4 is 27.5 Å². The van der Waals surface area contributed by atoms with Crippen molar-refractivity contribution in [2.24, 2.45) is 5.73 Å². The van der Waals surface area contributed by atoms with E-state index in [1.165, 1.54) is 11.5 Å². The van der Waals surface area contributed by atoms with Gasteiger partial charge in [0.05, 0.1) is 12.6 Å². The highest BCUT2D eigenvalue weighted by molar-refractivity contribution is 9.11. The second kappa shape index (κ2) is 3.38. The molecule has 0 fully saturated rings. The highest BCUT2D eigenvalue weighted by atomic mass is 79.9. The number of nitrogens with zero attached hydrogens (tertiary/aromatic N) is 2. The number of hydrogen-bond acceptors (Lipinski definition) is 5. The molecule has 0 bridgehead atoms. The van der Waals surface area contributed by atoms with Gasteiger partial charge in [-0.2, -0.15) is 0 Å². The zero-order valence-corrected chi connectivity index (χ0v) is 7.39. The third-order valence-corrected chi connectivity index (χ3v) is 2.39. The second-order valence-electron chi connectivity index (χ2n) is 1.72. The van der Waals surface area contributed by atoms with Crippen molar-refractivity contribution in [2.45, 2.75) is 6.04 Å². The fraction of sp³-hybridized carbons (Fsp3) is 0.500. The van der Waals surface area contributed by atoms with E-state index in [4.69, 9.17) is 10.8 Å². The Morgan fingerprint density at radius 2 is 2.50 bits per heavy atom. The Kier molecular flexibility index (Phi) is 2.72. The van der Waals surface area contributed by atoms with Crippen molar-refractivity contribution in [3.63, 3.8) is 0 Å². The van der Waals surface area contributed by atoms with Gasteiger partial charge in [0.15, 0.2) is 0 Å². The van der Waals surface area contributed by atoms with Gasteiger partial charge in [-0.05, 0) is 27.5 Å². The molecule has 1 atom stereocenters. The molecule has 3 N–H and O–H groups in total. The molecule has 0 saturated heterocycles. The topological polar surface area (TPSA) is 72.0 Å². The van der Waals surface area contributed by atoms with Crippen LogP contribution >= 0.6 is 27.5 Å². The van der Waals surface area contributed by atoms with Crippen LogP contribution in [0, 0.1) is 0 Å². The summed E-state index contributed by atoms with van der Waals surface area (Å²) in [5.41, 5.74) is 6.08. The molecule has 0 aliphatic heterocycles.